The molecule has 0 saturated carbocycles. The lowest BCUT2D eigenvalue weighted by molar-refractivity contribution is -0.122. The van der Waals surface area contributed by atoms with Gasteiger partial charge in [0.1, 0.15) is 4.32 Å². The third kappa shape index (κ3) is 5.69. The lowest BCUT2D eigenvalue weighted by Crippen LogP contribution is -2.27. The first kappa shape index (κ1) is 23.8. The molecule has 0 aliphatic carbocycles. The molecular formula is C24H26N2O4S2. The Morgan fingerprint density at radius 1 is 1.09 bits per heavy atom. The van der Waals surface area contributed by atoms with E-state index < -0.39 is 0 Å². The molecule has 32 heavy (non-hydrogen) atoms. The number of ether oxygens (including phenoxy) is 2. The van der Waals surface area contributed by atoms with Crippen LogP contribution in [0, 0.1) is 13.8 Å². The van der Waals surface area contributed by atoms with Crippen molar-refractivity contribution in [2.24, 2.45) is 0 Å². The van der Waals surface area contributed by atoms with Gasteiger partial charge in [-0.15, -0.1) is 0 Å². The summed E-state index contributed by atoms with van der Waals surface area (Å²) in [5.41, 5.74) is 3.79. The van der Waals surface area contributed by atoms with E-state index in [0.29, 0.717) is 33.9 Å². The molecule has 6 nitrogen and oxygen atoms in total. The Balaban J connectivity index is 1.70. The quantitative estimate of drug-likeness (QED) is 0.435. The van der Waals surface area contributed by atoms with E-state index in [4.69, 9.17) is 21.7 Å². The minimum Gasteiger partial charge on any atom is -0.490 e. The van der Waals surface area contributed by atoms with E-state index in [9.17, 15) is 9.59 Å². The molecule has 168 valence electrons. The Labute approximate surface area is 198 Å². The van der Waals surface area contributed by atoms with E-state index in [1.807, 2.05) is 52.0 Å². The maximum atomic E-state index is 12.4. The summed E-state index contributed by atoms with van der Waals surface area (Å²) < 4.78 is 12.0. The summed E-state index contributed by atoms with van der Waals surface area (Å²) in [6.07, 6.45) is 1.79. The summed E-state index contributed by atoms with van der Waals surface area (Å²) in [5, 5.41) is 2.84. The molecule has 0 spiro atoms. The number of aryl methyl sites for hydroxylation is 2. The van der Waals surface area contributed by atoms with Crippen LogP contribution < -0.4 is 14.8 Å². The van der Waals surface area contributed by atoms with Gasteiger partial charge in [0, 0.05) is 12.2 Å². The zero-order chi connectivity index (χ0) is 23.3. The average Bonchev–Trinajstić information content (AvgIpc) is 3.02. The number of rotatable bonds is 8. The van der Waals surface area contributed by atoms with Crippen LogP contribution in [0.3, 0.4) is 0 Å². The second kappa shape index (κ2) is 10.7. The smallest absolute Gasteiger partial charge is 0.266 e. The van der Waals surface area contributed by atoms with Crippen LogP contribution in [0.15, 0.2) is 41.3 Å². The van der Waals surface area contributed by atoms with Gasteiger partial charge in [0.2, 0.25) is 0 Å². The number of benzene rings is 2. The molecule has 1 heterocycles. The molecule has 1 aliphatic rings. The van der Waals surface area contributed by atoms with Crippen LogP contribution in [0.25, 0.3) is 6.08 Å². The molecule has 1 aliphatic heterocycles. The van der Waals surface area contributed by atoms with Gasteiger partial charge in [0.25, 0.3) is 11.8 Å². The highest BCUT2D eigenvalue weighted by molar-refractivity contribution is 8.26. The molecule has 2 aromatic carbocycles. The number of carbonyl (C=O) groups is 2. The topological polar surface area (TPSA) is 67.9 Å². The minimum absolute atomic E-state index is 0.0937. The molecule has 0 bridgehead atoms. The predicted octanol–water partition coefficient (Wildman–Crippen LogP) is 4.94. The van der Waals surface area contributed by atoms with Gasteiger partial charge in [-0.25, -0.2) is 0 Å². The maximum Gasteiger partial charge on any atom is 0.266 e. The second-order valence-electron chi connectivity index (χ2n) is 7.20. The first-order valence-corrected chi connectivity index (χ1v) is 11.6. The van der Waals surface area contributed by atoms with Crippen molar-refractivity contribution in [3.8, 4) is 11.5 Å². The number of hydrogen-bond donors (Lipinski definition) is 1. The predicted molar refractivity (Wildman–Crippen MR) is 133 cm³/mol. The lowest BCUT2D eigenvalue weighted by Gasteiger charge is -2.13. The summed E-state index contributed by atoms with van der Waals surface area (Å²) in [4.78, 5) is 26.9. The van der Waals surface area contributed by atoms with E-state index >= 15 is 0 Å². The number of anilines is 1. The number of nitrogens with one attached hydrogen (secondary N) is 1. The van der Waals surface area contributed by atoms with E-state index in [1.165, 1.54) is 11.8 Å². The van der Waals surface area contributed by atoms with Crippen LogP contribution in [-0.4, -0.2) is 40.8 Å². The molecule has 1 N–H and O–H groups in total. The molecule has 1 saturated heterocycles. The second-order valence-corrected chi connectivity index (χ2v) is 8.88. The lowest BCUT2D eigenvalue weighted by atomic mass is 10.1. The van der Waals surface area contributed by atoms with Crippen molar-refractivity contribution >= 4 is 51.9 Å². The Morgan fingerprint density at radius 2 is 1.88 bits per heavy atom. The molecule has 1 fully saturated rings. The molecule has 0 atom stereocenters. The average molecular weight is 471 g/mol. The molecule has 0 radical (unpaired) electrons. The van der Waals surface area contributed by atoms with Gasteiger partial charge in [0.05, 0.1) is 11.5 Å². The number of nitrogens with zero attached hydrogens (tertiary/aromatic N) is 1. The number of hydrogen-bond acceptors (Lipinski definition) is 6. The van der Waals surface area contributed by atoms with Crippen molar-refractivity contribution in [3.05, 3.63) is 58.0 Å². The van der Waals surface area contributed by atoms with Crippen molar-refractivity contribution in [2.75, 3.05) is 25.1 Å². The highest BCUT2D eigenvalue weighted by Crippen LogP contribution is 2.34. The first-order chi connectivity index (χ1) is 15.3. The Morgan fingerprint density at radius 3 is 2.53 bits per heavy atom. The molecule has 0 unspecified atom stereocenters. The fraction of sp³-hybridized carbons (Fsp3) is 0.292. The minimum atomic E-state index is -0.261. The molecule has 2 aromatic rings. The summed E-state index contributed by atoms with van der Waals surface area (Å²) in [6.45, 7) is 8.61. The zero-order valence-electron chi connectivity index (χ0n) is 18.6. The monoisotopic (exact) mass is 470 g/mol. The Kier molecular flexibility index (Phi) is 7.93. The van der Waals surface area contributed by atoms with E-state index in [1.54, 1.807) is 23.1 Å². The number of carbonyl (C=O) groups excluding carboxylic acids is 2. The summed E-state index contributed by atoms with van der Waals surface area (Å²) in [5.74, 6) is 0.610. The van der Waals surface area contributed by atoms with Gasteiger partial charge < -0.3 is 14.8 Å². The Hall–Kier alpha value is -2.84. The SMILES string of the molecule is CCOc1cc(C=C2SC(=S)N(CC)C2=O)ccc1OCC(=O)Nc1ccc(C)c(C)c1. The third-order valence-corrected chi connectivity index (χ3v) is 6.28. The third-order valence-electron chi connectivity index (χ3n) is 4.90. The van der Waals surface area contributed by atoms with Gasteiger partial charge in [-0.3, -0.25) is 14.5 Å². The van der Waals surface area contributed by atoms with Crippen LogP contribution in [0.4, 0.5) is 5.69 Å². The Bertz CT molecular complexity index is 1080. The molecule has 0 aromatic heterocycles. The van der Waals surface area contributed by atoms with Crippen LogP contribution in [0.2, 0.25) is 0 Å². The fourth-order valence-corrected chi connectivity index (χ4v) is 4.47. The standard InChI is InChI=1S/C24H26N2O4S2/c1-5-26-23(28)21(32-24(26)31)13-17-8-10-19(20(12-17)29-6-2)30-14-22(27)25-18-9-7-15(3)16(4)11-18/h7-13H,5-6,14H2,1-4H3,(H,25,27). The molecule has 3 rings (SSSR count). The largest absolute Gasteiger partial charge is 0.490 e. The number of amides is 2. The highest BCUT2D eigenvalue weighted by atomic mass is 32.2. The van der Waals surface area contributed by atoms with E-state index in [2.05, 4.69) is 5.32 Å². The van der Waals surface area contributed by atoms with Crippen LogP contribution >= 0.6 is 24.0 Å². The number of thiocarbonyl (C=S) groups is 1. The molecule has 2 amide bonds. The number of likely N-dealkylation sites (N-methyl/N-ethyl adjacent to an activating group) is 1. The highest BCUT2D eigenvalue weighted by Gasteiger charge is 2.30. The van der Waals surface area contributed by atoms with Gasteiger partial charge in [-0.2, -0.15) is 0 Å². The summed E-state index contributed by atoms with van der Waals surface area (Å²) >= 11 is 6.55. The normalized spacial score (nSPS) is 14.8. The zero-order valence-corrected chi connectivity index (χ0v) is 20.2. The molecular weight excluding hydrogens is 444 g/mol. The van der Waals surface area contributed by atoms with Gasteiger partial charge in [-0.05, 0) is 74.7 Å². The van der Waals surface area contributed by atoms with Crippen LogP contribution in [0.5, 0.6) is 11.5 Å². The maximum absolute atomic E-state index is 12.4. The van der Waals surface area contributed by atoms with Crippen molar-refractivity contribution in [3.63, 3.8) is 0 Å². The molecule has 8 heteroatoms. The fourth-order valence-electron chi connectivity index (χ4n) is 3.09. The van der Waals surface area contributed by atoms with Crippen molar-refractivity contribution in [1.29, 1.82) is 0 Å². The van der Waals surface area contributed by atoms with E-state index in [-0.39, 0.29) is 18.4 Å². The number of thioether (sulfide) groups is 1. The van der Waals surface area contributed by atoms with Gasteiger partial charge >= 0.3 is 0 Å². The van der Waals surface area contributed by atoms with Crippen LogP contribution in [-0.2, 0) is 9.59 Å². The van der Waals surface area contributed by atoms with Crippen molar-refractivity contribution in [1.82, 2.24) is 4.90 Å². The van der Waals surface area contributed by atoms with Crippen LogP contribution in [0.1, 0.15) is 30.5 Å². The van der Waals surface area contributed by atoms with Gasteiger partial charge in [-0.1, -0.05) is 36.1 Å². The van der Waals surface area contributed by atoms with Gasteiger partial charge in [0.15, 0.2) is 18.1 Å². The van der Waals surface area contributed by atoms with E-state index in [0.717, 1.165) is 22.4 Å². The first-order valence-electron chi connectivity index (χ1n) is 10.3. The van der Waals surface area contributed by atoms with Crippen molar-refractivity contribution < 1.29 is 19.1 Å². The summed E-state index contributed by atoms with van der Waals surface area (Å²) in [7, 11) is 0. The summed E-state index contributed by atoms with van der Waals surface area (Å²) in [6, 6.07) is 11.1. The van der Waals surface area contributed by atoms with Crippen molar-refractivity contribution in [2.45, 2.75) is 27.7 Å².